The number of aliphatic carboxylic acids is 1. The molecule has 1 atom stereocenters. The molecule has 2 saturated heterocycles. The molecule has 3 aliphatic rings. The van der Waals surface area contributed by atoms with Crippen molar-refractivity contribution in [2.24, 2.45) is 0 Å². The number of carboxylic acid groups (broad SMARTS) is 1. The fourth-order valence-electron chi connectivity index (χ4n) is 4.20. The van der Waals surface area contributed by atoms with Crippen LogP contribution in [-0.4, -0.2) is 76.2 Å². The first-order valence-corrected chi connectivity index (χ1v) is 11.5. The number of carboxylic acids is 1. The van der Waals surface area contributed by atoms with Crippen LogP contribution in [0, 0.1) is 0 Å². The Kier molecular flexibility index (Phi) is 6.61. The summed E-state index contributed by atoms with van der Waals surface area (Å²) in [5.41, 5.74) is 0.0357. The number of carbonyl (C=O) groups excluding carboxylic acids is 1. The van der Waals surface area contributed by atoms with Crippen molar-refractivity contribution in [1.82, 2.24) is 14.2 Å². The third-order valence-corrected chi connectivity index (χ3v) is 8.25. The van der Waals surface area contributed by atoms with Gasteiger partial charge in [-0.25, -0.2) is 13.2 Å². The Morgan fingerprint density at radius 3 is 2.26 bits per heavy atom. The van der Waals surface area contributed by atoms with Crippen molar-refractivity contribution < 1.29 is 36.3 Å². The van der Waals surface area contributed by atoms with Gasteiger partial charge in [-0.3, -0.25) is 9.78 Å². The predicted molar refractivity (Wildman–Crippen MR) is 104 cm³/mol. The first kappa shape index (κ1) is 23.5. The van der Waals surface area contributed by atoms with Crippen LogP contribution in [0.2, 0.25) is 0 Å². The van der Waals surface area contributed by atoms with Crippen molar-refractivity contribution in [3.8, 4) is 0 Å². The van der Waals surface area contributed by atoms with E-state index in [0.29, 0.717) is 25.3 Å². The SMILES string of the molecule is O=C(O)C(F)(F)F.O=C(c1ccccn1)N1CCCC2(CCCN2S(=O)(=O)C2CC2)C1. The van der Waals surface area contributed by atoms with Gasteiger partial charge in [0.25, 0.3) is 5.91 Å². The van der Waals surface area contributed by atoms with E-state index in [1.54, 1.807) is 33.6 Å². The Morgan fingerprint density at radius 1 is 1.13 bits per heavy atom. The molecule has 1 aliphatic carbocycles. The first-order chi connectivity index (χ1) is 14.5. The van der Waals surface area contributed by atoms with Crippen LogP contribution in [0.25, 0.3) is 0 Å². The van der Waals surface area contributed by atoms with Gasteiger partial charge < -0.3 is 10.0 Å². The number of rotatable bonds is 3. The normalized spacial score (nSPS) is 24.5. The Labute approximate surface area is 178 Å². The van der Waals surface area contributed by atoms with E-state index in [0.717, 1.165) is 38.5 Å². The summed E-state index contributed by atoms with van der Waals surface area (Å²) in [6.07, 6.45) is 1.53. The summed E-state index contributed by atoms with van der Waals surface area (Å²) in [7, 11) is -3.21. The third-order valence-electron chi connectivity index (χ3n) is 5.75. The fraction of sp³-hybridized carbons (Fsp3) is 0.632. The highest BCUT2D eigenvalue weighted by Gasteiger charge is 2.53. The largest absolute Gasteiger partial charge is 0.490 e. The predicted octanol–water partition coefficient (Wildman–Crippen LogP) is 2.28. The fourth-order valence-corrected chi connectivity index (χ4v) is 6.46. The molecule has 1 unspecified atom stereocenters. The van der Waals surface area contributed by atoms with Crippen LogP contribution in [0.1, 0.15) is 49.0 Å². The molecule has 1 aromatic rings. The highest BCUT2D eigenvalue weighted by Crippen LogP contribution is 2.43. The van der Waals surface area contributed by atoms with Crippen molar-refractivity contribution in [3.05, 3.63) is 30.1 Å². The summed E-state index contributed by atoms with van der Waals surface area (Å²) in [5, 5.41) is 6.94. The summed E-state index contributed by atoms with van der Waals surface area (Å²) in [6, 6.07) is 5.31. The lowest BCUT2D eigenvalue weighted by atomic mass is 9.87. The summed E-state index contributed by atoms with van der Waals surface area (Å²) in [5.74, 6) is -2.85. The molecule has 0 aromatic carbocycles. The van der Waals surface area contributed by atoms with E-state index in [9.17, 15) is 26.4 Å². The Morgan fingerprint density at radius 2 is 1.74 bits per heavy atom. The smallest absolute Gasteiger partial charge is 0.475 e. The average molecular weight is 463 g/mol. The minimum Gasteiger partial charge on any atom is -0.475 e. The van der Waals surface area contributed by atoms with Crippen molar-refractivity contribution in [3.63, 3.8) is 0 Å². The molecule has 3 heterocycles. The molecule has 172 valence electrons. The van der Waals surface area contributed by atoms with Gasteiger partial charge in [0.1, 0.15) is 5.69 Å². The van der Waals surface area contributed by atoms with E-state index >= 15 is 0 Å². The molecule has 0 bridgehead atoms. The van der Waals surface area contributed by atoms with Crippen molar-refractivity contribution in [2.75, 3.05) is 19.6 Å². The second kappa shape index (κ2) is 8.73. The highest BCUT2D eigenvalue weighted by molar-refractivity contribution is 7.90. The van der Waals surface area contributed by atoms with E-state index in [4.69, 9.17) is 9.90 Å². The van der Waals surface area contributed by atoms with E-state index < -0.39 is 27.7 Å². The van der Waals surface area contributed by atoms with Gasteiger partial charge in [0.05, 0.1) is 10.8 Å². The second-order valence-corrected chi connectivity index (χ2v) is 10.1. The maximum Gasteiger partial charge on any atom is 0.490 e. The molecular formula is C19H24F3N3O5S. The summed E-state index contributed by atoms with van der Waals surface area (Å²) in [4.78, 5) is 27.6. The van der Waals surface area contributed by atoms with Crippen LogP contribution >= 0.6 is 0 Å². The number of hydrogen-bond donors (Lipinski definition) is 1. The molecule has 8 nitrogen and oxygen atoms in total. The second-order valence-electron chi connectivity index (χ2n) is 7.99. The van der Waals surface area contributed by atoms with Crippen molar-refractivity contribution in [2.45, 2.75) is 55.5 Å². The summed E-state index contributed by atoms with van der Waals surface area (Å²) in [6.45, 7) is 1.77. The lowest BCUT2D eigenvalue weighted by molar-refractivity contribution is -0.192. The van der Waals surface area contributed by atoms with Gasteiger partial charge >= 0.3 is 12.1 Å². The average Bonchev–Trinajstić information content (AvgIpc) is 3.51. The van der Waals surface area contributed by atoms with E-state index in [1.807, 2.05) is 0 Å². The van der Waals surface area contributed by atoms with Crippen molar-refractivity contribution >= 4 is 21.9 Å². The quantitative estimate of drug-likeness (QED) is 0.737. The van der Waals surface area contributed by atoms with Crippen LogP contribution in [0.3, 0.4) is 0 Å². The molecule has 1 amide bonds. The number of amides is 1. The minimum atomic E-state index is -5.08. The molecule has 3 fully saturated rings. The minimum absolute atomic E-state index is 0.0923. The number of sulfonamides is 1. The monoisotopic (exact) mass is 463 g/mol. The summed E-state index contributed by atoms with van der Waals surface area (Å²) < 4.78 is 59.1. The van der Waals surface area contributed by atoms with Crippen LogP contribution in [0.15, 0.2) is 24.4 Å². The van der Waals surface area contributed by atoms with Gasteiger partial charge in [-0.2, -0.15) is 17.5 Å². The number of likely N-dealkylation sites (tertiary alicyclic amines) is 1. The molecule has 1 N–H and O–H groups in total. The first-order valence-electron chi connectivity index (χ1n) is 9.99. The van der Waals surface area contributed by atoms with E-state index in [1.165, 1.54) is 0 Å². The van der Waals surface area contributed by atoms with E-state index in [-0.39, 0.29) is 11.2 Å². The Balaban J connectivity index is 0.000000339. The zero-order valence-corrected chi connectivity index (χ0v) is 17.5. The highest BCUT2D eigenvalue weighted by atomic mass is 32.2. The van der Waals surface area contributed by atoms with Crippen LogP contribution in [-0.2, 0) is 14.8 Å². The van der Waals surface area contributed by atoms with Crippen LogP contribution in [0.4, 0.5) is 13.2 Å². The topological polar surface area (TPSA) is 108 Å². The molecule has 1 saturated carbocycles. The number of aromatic nitrogens is 1. The third kappa shape index (κ3) is 5.17. The number of pyridine rings is 1. The van der Waals surface area contributed by atoms with Gasteiger partial charge in [-0.05, 0) is 50.7 Å². The Hall–Kier alpha value is -2.21. The zero-order chi connectivity index (χ0) is 22.9. The zero-order valence-electron chi connectivity index (χ0n) is 16.7. The molecular weight excluding hydrogens is 439 g/mol. The number of piperidine rings is 1. The van der Waals surface area contributed by atoms with Crippen molar-refractivity contribution in [1.29, 1.82) is 0 Å². The summed E-state index contributed by atoms with van der Waals surface area (Å²) >= 11 is 0. The lowest BCUT2D eigenvalue weighted by Gasteiger charge is -2.45. The van der Waals surface area contributed by atoms with Gasteiger partial charge in [-0.15, -0.1) is 0 Å². The van der Waals surface area contributed by atoms with Gasteiger partial charge in [-0.1, -0.05) is 6.07 Å². The lowest BCUT2D eigenvalue weighted by Crippen LogP contribution is -2.58. The number of nitrogens with zero attached hydrogens (tertiary/aromatic N) is 3. The molecule has 31 heavy (non-hydrogen) atoms. The van der Waals surface area contributed by atoms with Crippen LogP contribution in [0.5, 0.6) is 0 Å². The molecule has 1 spiro atoms. The maximum atomic E-state index is 12.8. The van der Waals surface area contributed by atoms with Gasteiger partial charge in [0.15, 0.2) is 0 Å². The Bertz CT molecular complexity index is 921. The van der Waals surface area contributed by atoms with E-state index in [2.05, 4.69) is 4.98 Å². The van der Waals surface area contributed by atoms with Gasteiger partial charge in [0, 0.05) is 25.8 Å². The number of alkyl halides is 3. The number of carbonyl (C=O) groups is 2. The molecule has 2 aliphatic heterocycles. The molecule has 0 radical (unpaired) electrons. The van der Waals surface area contributed by atoms with Gasteiger partial charge in [0.2, 0.25) is 10.0 Å². The van der Waals surface area contributed by atoms with Crippen LogP contribution < -0.4 is 0 Å². The number of hydrogen-bond acceptors (Lipinski definition) is 5. The molecule has 4 rings (SSSR count). The molecule has 12 heteroatoms. The standard InChI is InChI=1S/C17H23N3O3S.C2HF3O2/c21-16(15-5-1-2-10-18-15)19-11-3-8-17(13-19)9-4-12-20(17)24(22,23)14-6-7-14;3-2(4,5)1(6)7/h1-2,5,10,14H,3-4,6-9,11-13H2;(H,6,7). The maximum absolute atomic E-state index is 12.8. The number of halogens is 3. The molecule has 1 aromatic heterocycles.